The Balaban J connectivity index is 1.55. The molecule has 0 heterocycles. The van der Waals surface area contributed by atoms with Crippen molar-refractivity contribution in [1.29, 1.82) is 0 Å². The van der Waals surface area contributed by atoms with Crippen LogP contribution in [0.3, 0.4) is 0 Å². The zero-order valence-corrected chi connectivity index (χ0v) is 16.2. The summed E-state index contributed by atoms with van der Waals surface area (Å²) < 4.78 is 32.2. The van der Waals surface area contributed by atoms with Gasteiger partial charge in [-0.25, -0.2) is 13.2 Å². The molecule has 28 heavy (non-hydrogen) atoms. The number of esters is 1. The highest BCUT2D eigenvalue weighted by Gasteiger charge is 2.29. The Morgan fingerprint density at radius 1 is 1.07 bits per heavy atom. The molecule has 0 radical (unpaired) electrons. The summed E-state index contributed by atoms with van der Waals surface area (Å²) in [6, 6.07) is 13.9. The van der Waals surface area contributed by atoms with Crippen molar-refractivity contribution >= 4 is 27.6 Å². The van der Waals surface area contributed by atoms with Crippen LogP contribution in [-0.4, -0.2) is 32.9 Å². The van der Waals surface area contributed by atoms with Crippen molar-refractivity contribution < 1.29 is 22.7 Å². The molecule has 2 aromatic carbocycles. The standard InChI is InChI=1S/C20H22N2O5S/c1-14(15-7-8-15)21-19(23)13-27-20(24)16-9-11-18(12-10-16)28(25,26)22-17-5-3-2-4-6-17/h2-6,9-12,14-15,22H,7-8,13H2,1H3,(H,21,23)/t14-/m1/s1. The Morgan fingerprint density at radius 3 is 2.32 bits per heavy atom. The lowest BCUT2D eigenvalue weighted by Crippen LogP contribution is -2.37. The van der Waals surface area contributed by atoms with Crippen LogP contribution in [-0.2, 0) is 19.6 Å². The number of nitrogens with one attached hydrogen (secondary N) is 2. The van der Waals surface area contributed by atoms with Crippen LogP contribution in [0.2, 0.25) is 0 Å². The van der Waals surface area contributed by atoms with Gasteiger partial charge in [-0.2, -0.15) is 0 Å². The molecule has 8 heteroatoms. The summed E-state index contributed by atoms with van der Waals surface area (Å²) in [5, 5.41) is 2.80. The molecule has 1 aliphatic carbocycles. The average molecular weight is 402 g/mol. The van der Waals surface area contributed by atoms with E-state index in [2.05, 4.69) is 10.0 Å². The number of ether oxygens (including phenoxy) is 1. The van der Waals surface area contributed by atoms with Gasteiger partial charge in [-0.3, -0.25) is 9.52 Å². The number of hydrogen-bond acceptors (Lipinski definition) is 5. The normalized spacial score (nSPS) is 14.8. The van der Waals surface area contributed by atoms with Crippen molar-refractivity contribution in [3.63, 3.8) is 0 Å². The molecule has 0 aromatic heterocycles. The Hall–Kier alpha value is -2.87. The summed E-state index contributed by atoms with van der Waals surface area (Å²) in [4.78, 5) is 23.9. The monoisotopic (exact) mass is 402 g/mol. The molecule has 2 aromatic rings. The van der Waals surface area contributed by atoms with E-state index in [0.717, 1.165) is 12.8 Å². The van der Waals surface area contributed by atoms with Gasteiger partial charge in [0.15, 0.2) is 6.61 Å². The second-order valence-electron chi connectivity index (χ2n) is 6.77. The van der Waals surface area contributed by atoms with Crippen molar-refractivity contribution in [2.75, 3.05) is 11.3 Å². The third-order valence-electron chi connectivity index (χ3n) is 4.48. The number of hydrogen-bond donors (Lipinski definition) is 2. The van der Waals surface area contributed by atoms with Gasteiger partial charge >= 0.3 is 5.97 Å². The fourth-order valence-corrected chi connectivity index (χ4v) is 3.77. The number of sulfonamides is 1. The first kappa shape index (κ1) is 19.9. The van der Waals surface area contributed by atoms with Gasteiger partial charge in [0.05, 0.1) is 10.5 Å². The maximum atomic E-state index is 12.4. The molecule has 0 aliphatic heterocycles. The first-order chi connectivity index (χ1) is 13.3. The van der Waals surface area contributed by atoms with E-state index in [9.17, 15) is 18.0 Å². The lowest BCUT2D eigenvalue weighted by molar-refractivity contribution is -0.124. The number of amides is 1. The van der Waals surface area contributed by atoms with Crippen LogP contribution in [0.15, 0.2) is 59.5 Å². The Morgan fingerprint density at radius 2 is 1.71 bits per heavy atom. The van der Waals surface area contributed by atoms with Gasteiger partial charge in [0.25, 0.3) is 15.9 Å². The van der Waals surface area contributed by atoms with Gasteiger partial charge in [-0.05, 0) is 62.1 Å². The third-order valence-corrected chi connectivity index (χ3v) is 5.88. The second kappa shape index (κ2) is 8.43. The minimum atomic E-state index is -3.76. The van der Waals surface area contributed by atoms with E-state index in [1.165, 1.54) is 24.3 Å². The topological polar surface area (TPSA) is 102 Å². The molecular weight excluding hydrogens is 380 g/mol. The molecule has 0 bridgehead atoms. The maximum absolute atomic E-state index is 12.4. The fourth-order valence-electron chi connectivity index (χ4n) is 2.71. The molecule has 1 aliphatic rings. The second-order valence-corrected chi connectivity index (χ2v) is 8.45. The summed E-state index contributed by atoms with van der Waals surface area (Å²) in [6.45, 7) is 1.56. The van der Waals surface area contributed by atoms with Crippen LogP contribution in [0.4, 0.5) is 5.69 Å². The van der Waals surface area contributed by atoms with Crippen molar-refractivity contribution in [2.24, 2.45) is 5.92 Å². The van der Waals surface area contributed by atoms with E-state index in [-0.39, 0.29) is 29.0 Å². The fraction of sp³-hybridized carbons (Fsp3) is 0.300. The van der Waals surface area contributed by atoms with E-state index in [1.54, 1.807) is 30.3 Å². The lowest BCUT2D eigenvalue weighted by Gasteiger charge is -2.13. The molecule has 0 saturated heterocycles. The van der Waals surface area contributed by atoms with Crippen molar-refractivity contribution in [2.45, 2.75) is 30.7 Å². The molecule has 7 nitrogen and oxygen atoms in total. The summed E-state index contributed by atoms with van der Waals surface area (Å²) in [7, 11) is -3.76. The number of para-hydroxylation sites is 1. The van der Waals surface area contributed by atoms with Crippen LogP contribution in [0.25, 0.3) is 0 Å². The Bertz CT molecular complexity index is 938. The van der Waals surface area contributed by atoms with Gasteiger partial charge in [0.2, 0.25) is 0 Å². The molecule has 3 rings (SSSR count). The highest BCUT2D eigenvalue weighted by atomic mass is 32.2. The highest BCUT2D eigenvalue weighted by molar-refractivity contribution is 7.92. The average Bonchev–Trinajstić information content (AvgIpc) is 3.52. The number of carbonyl (C=O) groups excluding carboxylic acids is 2. The highest BCUT2D eigenvalue weighted by Crippen LogP contribution is 2.32. The largest absolute Gasteiger partial charge is 0.452 e. The van der Waals surface area contributed by atoms with Crippen molar-refractivity contribution in [3.05, 3.63) is 60.2 Å². The Labute approximate surface area is 164 Å². The molecule has 0 spiro atoms. The maximum Gasteiger partial charge on any atom is 0.338 e. The van der Waals surface area contributed by atoms with E-state index in [1.807, 2.05) is 6.92 Å². The lowest BCUT2D eigenvalue weighted by atomic mass is 10.2. The summed E-state index contributed by atoms with van der Waals surface area (Å²) in [6.07, 6.45) is 2.21. The summed E-state index contributed by atoms with van der Waals surface area (Å²) in [5.74, 6) is -0.521. The van der Waals surface area contributed by atoms with Crippen LogP contribution >= 0.6 is 0 Å². The number of anilines is 1. The van der Waals surface area contributed by atoms with Crippen LogP contribution in [0.1, 0.15) is 30.1 Å². The molecule has 148 valence electrons. The molecule has 1 fully saturated rings. The van der Waals surface area contributed by atoms with Crippen LogP contribution in [0.5, 0.6) is 0 Å². The summed E-state index contributed by atoms with van der Waals surface area (Å²) in [5.41, 5.74) is 0.610. The van der Waals surface area contributed by atoms with Crippen molar-refractivity contribution in [1.82, 2.24) is 5.32 Å². The predicted octanol–water partition coefficient (Wildman–Crippen LogP) is 2.56. The first-order valence-electron chi connectivity index (χ1n) is 8.99. The SMILES string of the molecule is C[C@@H](NC(=O)COC(=O)c1ccc(S(=O)(=O)Nc2ccccc2)cc1)C1CC1. The molecule has 1 amide bonds. The molecule has 1 atom stereocenters. The minimum Gasteiger partial charge on any atom is -0.452 e. The van der Waals surface area contributed by atoms with Crippen LogP contribution < -0.4 is 10.0 Å². The smallest absolute Gasteiger partial charge is 0.338 e. The van der Waals surface area contributed by atoms with Gasteiger partial charge < -0.3 is 10.1 Å². The molecule has 0 unspecified atom stereocenters. The molecule has 2 N–H and O–H groups in total. The van der Waals surface area contributed by atoms with Gasteiger partial charge in [0, 0.05) is 11.7 Å². The van der Waals surface area contributed by atoms with Gasteiger partial charge in [0.1, 0.15) is 0 Å². The zero-order valence-electron chi connectivity index (χ0n) is 15.4. The quantitative estimate of drug-likeness (QED) is 0.661. The van der Waals surface area contributed by atoms with Gasteiger partial charge in [-0.15, -0.1) is 0 Å². The third kappa shape index (κ3) is 5.32. The van der Waals surface area contributed by atoms with Crippen LogP contribution in [0, 0.1) is 5.92 Å². The number of benzene rings is 2. The zero-order chi connectivity index (χ0) is 20.1. The Kier molecular flexibility index (Phi) is 5.99. The number of carbonyl (C=O) groups is 2. The molecule has 1 saturated carbocycles. The number of rotatable bonds is 8. The molecular formula is C20H22N2O5S. The summed E-state index contributed by atoms with van der Waals surface area (Å²) >= 11 is 0. The van der Waals surface area contributed by atoms with E-state index in [0.29, 0.717) is 11.6 Å². The van der Waals surface area contributed by atoms with E-state index >= 15 is 0 Å². The predicted molar refractivity (Wildman–Crippen MR) is 104 cm³/mol. The minimum absolute atomic E-state index is 0.0175. The van der Waals surface area contributed by atoms with Crippen molar-refractivity contribution in [3.8, 4) is 0 Å². The van der Waals surface area contributed by atoms with E-state index < -0.39 is 16.0 Å². The van der Waals surface area contributed by atoms with Gasteiger partial charge in [-0.1, -0.05) is 18.2 Å². The first-order valence-corrected chi connectivity index (χ1v) is 10.5. The van der Waals surface area contributed by atoms with E-state index in [4.69, 9.17) is 4.74 Å².